The Hall–Kier alpha value is -0.397. The molecule has 0 spiro atoms. The molecule has 0 N–H and O–H groups in total. The summed E-state index contributed by atoms with van der Waals surface area (Å²) in [4.78, 5) is 2.34. The molecule has 5 heteroatoms. The first-order chi connectivity index (χ1) is 8.86. The van der Waals surface area contributed by atoms with Gasteiger partial charge in [0.25, 0.3) is 0 Å². The molecule has 3 saturated heterocycles. The second-order valence-corrected chi connectivity index (χ2v) is 10.2. The van der Waals surface area contributed by atoms with Gasteiger partial charge in [-0.3, -0.25) is 0 Å². The predicted molar refractivity (Wildman–Crippen MR) is 70.2 cm³/mol. The van der Waals surface area contributed by atoms with Gasteiger partial charge in [0.05, 0.1) is 0 Å². The molecule has 18 heavy (non-hydrogen) atoms. The van der Waals surface area contributed by atoms with Gasteiger partial charge in [-0.2, -0.15) is 0 Å². The zero-order chi connectivity index (χ0) is 12.3. The van der Waals surface area contributed by atoms with Crippen LogP contribution in [0, 0.1) is 0 Å². The van der Waals surface area contributed by atoms with Crippen LogP contribution in [0.2, 0.25) is 0 Å². The van der Waals surface area contributed by atoms with Crippen molar-refractivity contribution in [2.45, 2.75) is 5.25 Å². The summed E-state index contributed by atoms with van der Waals surface area (Å²) in [6.45, 7) is 5.25. The Morgan fingerprint density at radius 2 is 1.44 bits per heavy atom. The average molecular weight is 310 g/mol. The summed E-state index contributed by atoms with van der Waals surface area (Å²) in [5, 5.41) is 0.834. The molecule has 4 rings (SSSR count). The average Bonchev–Trinajstić information content (AvgIpc) is 2.32. The third kappa shape index (κ3) is 2.95. The number of nitrogens with zero attached hydrogens (tertiary/aromatic N) is 1. The van der Waals surface area contributed by atoms with E-state index in [0.717, 1.165) is 44.7 Å². The van der Waals surface area contributed by atoms with Gasteiger partial charge in [0.2, 0.25) is 0 Å². The van der Waals surface area contributed by atoms with E-state index in [-0.39, 0.29) is 0 Å². The van der Waals surface area contributed by atoms with Gasteiger partial charge in [0.1, 0.15) is 0 Å². The summed E-state index contributed by atoms with van der Waals surface area (Å²) in [5.41, 5.74) is 1.26. The van der Waals surface area contributed by atoms with Crippen LogP contribution in [0.5, 0.6) is 0 Å². The van der Waals surface area contributed by atoms with Gasteiger partial charge >= 0.3 is 111 Å². The summed E-state index contributed by atoms with van der Waals surface area (Å²) in [6, 6.07) is 10.4. The van der Waals surface area contributed by atoms with Crippen LogP contribution in [-0.4, -0.2) is 58.6 Å². The first-order valence-electron chi connectivity index (χ1n) is 6.54. The van der Waals surface area contributed by atoms with E-state index in [1.807, 2.05) is 6.07 Å². The molecule has 3 heterocycles. The van der Waals surface area contributed by atoms with Crippen LogP contribution in [0.1, 0.15) is 5.56 Å². The fraction of sp³-hybridized carbons (Fsp3) is 0.538. The number of hydrogen-bond donors (Lipinski definition) is 0. The van der Waals surface area contributed by atoms with Crippen LogP contribution in [0.4, 0.5) is 0 Å². The van der Waals surface area contributed by atoms with Crippen LogP contribution in [0.25, 0.3) is 0 Å². The van der Waals surface area contributed by atoms with Gasteiger partial charge in [-0.15, -0.1) is 0 Å². The maximum atomic E-state index is 6.05. The van der Waals surface area contributed by atoms with Crippen LogP contribution >= 0.6 is 0 Å². The van der Waals surface area contributed by atoms with Gasteiger partial charge in [-0.05, 0) is 0 Å². The molecular weight excluding hydrogens is 291 g/mol. The summed E-state index contributed by atoms with van der Waals surface area (Å²) in [5.74, 6) is 0. The molecule has 0 unspecified atom stereocenters. The molecule has 0 amide bonds. The molecule has 98 valence electrons. The minimum absolute atomic E-state index is 0.743. The molecule has 0 radical (unpaired) electrons. The second-order valence-electron chi connectivity index (χ2n) is 4.73. The Morgan fingerprint density at radius 3 is 2.00 bits per heavy atom. The number of fused-ring (bicyclic) bond motifs is 6. The van der Waals surface area contributed by atoms with Crippen molar-refractivity contribution in [1.82, 2.24) is 4.90 Å². The Labute approximate surface area is 111 Å². The number of benzene rings is 1. The monoisotopic (exact) mass is 311 g/mol. The molecule has 3 aliphatic rings. The molecule has 0 aliphatic carbocycles. The Balaban J connectivity index is 1.77. The summed E-state index contributed by atoms with van der Waals surface area (Å²) in [6.07, 6.45) is 0. The summed E-state index contributed by atoms with van der Waals surface area (Å²) in [7, 11) is 0. The molecule has 0 aromatic heterocycles. The van der Waals surface area contributed by atoms with E-state index >= 15 is 0 Å². The molecule has 3 aliphatic heterocycles. The van der Waals surface area contributed by atoms with Gasteiger partial charge in [0.15, 0.2) is 0 Å². The van der Waals surface area contributed by atoms with E-state index in [1.165, 1.54) is 5.56 Å². The molecule has 2 bridgehead atoms. The fourth-order valence-corrected chi connectivity index (χ4v) is 7.69. The van der Waals surface area contributed by atoms with E-state index in [4.69, 9.17) is 11.3 Å². The quantitative estimate of drug-likeness (QED) is 0.765. The van der Waals surface area contributed by atoms with Gasteiger partial charge in [0, 0.05) is 0 Å². The SMILES string of the molecule is c1ccc([CH2][Ge]23[O]CCN(CC[O]2)CC[O]3)cc1. The van der Waals surface area contributed by atoms with E-state index in [9.17, 15) is 0 Å². The van der Waals surface area contributed by atoms with E-state index in [2.05, 4.69) is 29.2 Å². The standard InChI is InChI=1S/C13H19GeNO3/c1-2-4-13(5-3-1)12-14-16-9-6-15(7-10-17-14)8-11-18-14/h1-5H,6-12H2. The minimum atomic E-state index is -3.06. The zero-order valence-corrected chi connectivity index (χ0v) is 12.6. The second kappa shape index (κ2) is 5.71. The fourth-order valence-electron chi connectivity index (χ4n) is 2.45. The van der Waals surface area contributed by atoms with Crippen molar-refractivity contribution in [3.63, 3.8) is 0 Å². The third-order valence-corrected chi connectivity index (χ3v) is 9.27. The molecule has 4 nitrogen and oxygen atoms in total. The Morgan fingerprint density at radius 1 is 0.889 bits per heavy atom. The summed E-state index contributed by atoms with van der Waals surface area (Å²) < 4.78 is 18.1. The predicted octanol–water partition coefficient (Wildman–Crippen LogP) is 1.09. The molecule has 0 saturated carbocycles. The van der Waals surface area contributed by atoms with Crippen molar-refractivity contribution in [1.29, 1.82) is 0 Å². The van der Waals surface area contributed by atoms with Crippen molar-refractivity contribution >= 4 is 14.3 Å². The van der Waals surface area contributed by atoms with Gasteiger partial charge in [-0.1, -0.05) is 0 Å². The third-order valence-electron chi connectivity index (χ3n) is 3.45. The Kier molecular flexibility index (Phi) is 4.01. The zero-order valence-electron chi connectivity index (χ0n) is 10.5. The first kappa shape index (κ1) is 12.6. The molecular formula is C13H19GeNO3. The normalized spacial score (nSPS) is 32.6. The topological polar surface area (TPSA) is 30.9 Å². The maximum absolute atomic E-state index is 6.05. The van der Waals surface area contributed by atoms with Crippen molar-refractivity contribution in [3.05, 3.63) is 35.9 Å². The van der Waals surface area contributed by atoms with Crippen LogP contribution in [-0.2, 0) is 16.5 Å². The van der Waals surface area contributed by atoms with Crippen LogP contribution in [0.15, 0.2) is 30.3 Å². The van der Waals surface area contributed by atoms with E-state index in [0.29, 0.717) is 0 Å². The molecule has 1 aromatic rings. The van der Waals surface area contributed by atoms with Crippen molar-refractivity contribution in [2.24, 2.45) is 0 Å². The first-order valence-corrected chi connectivity index (χ1v) is 10.6. The Bertz CT molecular complexity index is 361. The van der Waals surface area contributed by atoms with E-state index in [1.54, 1.807) is 0 Å². The van der Waals surface area contributed by atoms with Crippen molar-refractivity contribution in [2.75, 3.05) is 39.5 Å². The van der Waals surface area contributed by atoms with Gasteiger partial charge in [-0.25, -0.2) is 0 Å². The van der Waals surface area contributed by atoms with Crippen molar-refractivity contribution < 1.29 is 11.3 Å². The molecule has 0 atom stereocenters. The summed E-state index contributed by atoms with van der Waals surface area (Å²) >= 11 is -3.06. The molecule has 1 aromatic carbocycles. The van der Waals surface area contributed by atoms with E-state index < -0.39 is 14.3 Å². The van der Waals surface area contributed by atoms with Crippen LogP contribution in [0.3, 0.4) is 0 Å². The number of hydrogen-bond acceptors (Lipinski definition) is 4. The number of rotatable bonds is 2. The van der Waals surface area contributed by atoms with Crippen molar-refractivity contribution in [3.8, 4) is 0 Å². The van der Waals surface area contributed by atoms with Crippen LogP contribution < -0.4 is 0 Å². The van der Waals surface area contributed by atoms with Gasteiger partial charge < -0.3 is 0 Å². The molecule has 3 fully saturated rings.